The molecule has 2 aromatic rings. The molecular weight excluding hydrogens is 283 g/mol. The standard InChI is InChI=1S/C13H11FN2O3S/c1-18-11-4-7(2-3-9(11)14)12-15-13(19-16-12)8-5-20-6-10(8)17/h2-4,8H,5-6H2,1H3. The summed E-state index contributed by atoms with van der Waals surface area (Å²) in [4.78, 5) is 15.9. The predicted molar refractivity (Wildman–Crippen MR) is 71.3 cm³/mol. The molecular formula is C13H11FN2O3S. The summed E-state index contributed by atoms with van der Waals surface area (Å²) in [6, 6.07) is 4.31. The fourth-order valence-corrected chi connectivity index (χ4v) is 3.06. The van der Waals surface area contributed by atoms with E-state index in [4.69, 9.17) is 9.26 Å². The molecule has 1 fully saturated rings. The molecule has 7 heteroatoms. The minimum atomic E-state index is -0.456. The number of methoxy groups -OCH3 is 1. The van der Waals surface area contributed by atoms with Gasteiger partial charge in [0.25, 0.3) is 0 Å². The van der Waals surface area contributed by atoms with E-state index in [0.717, 1.165) is 0 Å². The highest BCUT2D eigenvalue weighted by molar-refractivity contribution is 8.00. The van der Waals surface area contributed by atoms with Crippen LogP contribution in [0.1, 0.15) is 11.8 Å². The zero-order valence-electron chi connectivity index (χ0n) is 10.6. The molecule has 1 saturated heterocycles. The number of hydrogen-bond acceptors (Lipinski definition) is 6. The van der Waals surface area contributed by atoms with E-state index in [1.165, 1.54) is 25.3 Å². The lowest BCUT2D eigenvalue weighted by Gasteiger charge is -2.02. The number of hydrogen-bond donors (Lipinski definition) is 0. The molecule has 1 unspecified atom stereocenters. The van der Waals surface area contributed by atoms with Crippen molar-refractivity contribution in [1.29, 1.82) is 0 Å². The Morgan fingerprint density at radius 1 is 1.50 bits per heavy atom. The van der Waals surface area contributed by atoms with Gasteiger partial charge >= 0.3 is 0 Å². The molecule has 0 saturated carbocycles. The second-order valence-corrected chi connectivity index (χ2v) is 5.37. The van der Waals surface area contributed by atoms with E-state index >= 15 is 0 Å². The number of ether oxygens (including phenoxy) is 1. The zero-order valence-corrected chi connectivity index (χ0v) is 11.4. The molecule has 20 heavy (non-hydrogen) atoms. The van der Waals surface area contributed by atoms with E-state index in [2.05, 4.69) is 10.1 Å². The summed E-state index contributed by atoms with van der Waals surface area (Å²) in [6.45, 7) is 0. The van der Waals surface area contributed by atoms with Gasteiger partial charge in [-0.3, -0.25) is 4.79 Å². The number of benzene rings is 1. The molecule has 1 aliphatic heterocycles. The first-order chi connectivity index (χ1) is 9.69. The highest BCUT2D eigenvalue weighted by Crippen LogP contribution is 2.30. The Balaban J connectivity index is 1.92. The van der Waals surface area contributed by atoms with Crippen LogP contribution in [0.4, 0.5) is 4.39 Å². The molecule has 0 aliphatic carbocycles. The van der Waals surface area contributed by atoms with Crippen molar-refractivity contribution in [3.05, 3.63) is 29.9 Å². The molecule has 3 rings (SSSR count). The summed E-state index contributed by atoms with van der Waals surface area (Å²) < 4.78 is 23.4. The normalized spacial score (nSPS) is 18.5. The topological polar surface area (TPSA) is 65.2 Å². The van der Waals surface area contributed by atoms with Gasteiger partial charge in [-0.2, -0.15) is 16.7 Å². The molecule has 0 spiro atoms. The van der Waals surface area contributed by atoms with Crippen LogP contribution in [0.3, 0.4) is 0 Å². The lowest BCUT2D eigenvalue weighted by atomic mass is 10.1. The highest BCUT2D eigenvalue weighted by Gasteiger charge is 2.31. The number of ketones is 1. The summed E-state index contributed by atoms with van der Waals surface area (Å²) in [6.07, 6.45) is 0. The monoisotopic (exact) mass is 294 g/mol. The van der Waals surface area contributed by atoms with Gasteiger partial charge in [0.1, 0.15) is 5.92 Å². The second-order valence-electron chi connectivity index (χ2n) is 4.34. The number of Topliss-reactive ketones (excluding diaryl/α,β-unsaturated/α-hetero) is 1. The summed E-state index contributed by atoms with van der Waals surface area (Å²) >= 11 is 1.55. The Kier molecular flexibility index (Phi) is 3.43. The number of carbonyl (C=O) groups is 1. The van der Waals surface area contributed by atoms with Crippen molar-refractivity contribution in [2.75, 3.05) is 18.6 Å². The Hall–Kier alpha value is -1.89. The van der Waals surface area contributed by atoms with E-state index < -0.39 is 5.82 Å². The van der Waals surface area contributed by atoms with E-state index in [9.17, 15) is 9.18 Å². The third kappa shape index (κ3) is 2.29. The minimum absolute atomic E-state index is 0.0990. The highest BCUT2D eigenvalue weighted by atomic mass is 32.2. The van der Waals surface area contributed by atoms with Gasteiger partial charge in [-0.1, -0.05) is 5.16 Å². The molecule has 0 amide bonds. The Labute approximate surface area is 118 Å². The van der Waals surface area contributed by atoms with Gasteiger partial charge < -0.3 is 9.26 Å². The lowest BCUT2D eigenvalue weighted by molar-refractivity contribution is -0.117. The van der Waals surface area contributed by atoms with Gasteiger partial charge in [-0.25, -0.2) is 4.39 Å². The van der Waals surface area contributed by atoms with E-state index in [1.54, 1.807) is 11.8 Å². The Morgan fingerprint density at radius 2 is 2.35 bits per heavy atom. The molecule has 1 aromatic carbocycles. The van der Waals surface area contributed by atoms with Gasteiger partial charge in [0.2, 0.25) is 11.7 Å². The van der Waals surface area contributed by atoms with Crippen molar-refractivity contribution in [1.82, 2.24) is 10.1 Å². The summed E-state index contributed by atoms with van der Waals surface area (Å²) in [5, 5.41) is 3.84. The van der Waals surface area contributed by atoms with Crippen LogP contribution in [0.5, 0.6) is 5.75 Å². The number of thioether (sulfide) groups is 1. The summed E-state index contributed by atoms with van der Waals surface area (Å²) in [5.41, 5.74) is 0.580. The quantitative estimate of drug-likeness (QED) is 0.865. The number of nitrogens with zero attached hydrogens (tertiary/aromatic N) is 2. The van der Waals surface area contributed by atoms with Gasteiger partial charge in [-0.05, 0) is 18.2 Å². The fourth-order valence-electron chi connectivity index (χ4n) is 1.97. The molecule has 1 aliphatic rings. The third-order valence-corrected chi connectivity index (χ3v) is 4.12. The largest absolute Gasteiger partial charge is 0.494 e. The fraction of sp³-hybridized carbons (Fsp3) is 0.308. The Bertz CT molecular complexity index is 659. The van der Waals surface area contributed by atoms with Crippen LogP contribution >= 0.6 is 11.8 Å². The van der Waals surface area contributed by atoms with Gasteiger partial charge in [0, 0.05) is 11.3 Å². The maximum Gasteiger partial charge on any atom is 0.238 e. The first kappa shape index (κ1) is 13.1. The number of rotatable bonds is 3. The van der Waals surface area contributed by atoms with Crippen molar-refractivity contribution >= 4 is 17.5 Å². The first-order valence-corrected chi connectivity index (χ1v) is 7.12. The molecule has 1 aromatic heterocycles. The van der Waals surface area contributed by atoms with Crippen LogP contribution in [-0.4, -0.2) is 34.5 Å². The van der Waals surface area contributed by atoms with Crippen LogP contribution in [0.15, 0.2) is 22.7 Å². The molecule has 0 bridgehead atoms. The second kappa shape index (κ2) is 5.24. The first-order valence-electron chi connectivity index (χ1n) is 5.97. The SMILES string of the molecule is COc1cc(-c2noc(C3CSCC3=O)n2)ccc1F. The third-order valence-electron chi connectivity index (χ3n) is 3.07. The van der Waals surface area contributed by atoms with Gasteiger partial charge in [0.15, 0.2) is 17.3 Å². The van der Waals surface area contributed by atoms with Crippen LogP contribution in [0.2, 0.25) is 0 Å². The maximum atomic E-state index is 13.4. The summed E-state index contributed by atoms with van der Waals surface area (Å²) in [7, 11) is 1.39. The molecule has 104 valence electrons. The Morgan fingerprint density at radius 3 is 3.05 bits per heavy atom. The van der Waals surface area contributed by atoms with Crippen LogP contribution in [-0.2, 0) is 4.79 Å². The van der Waals surface area contributed by atoms with Crippen molar-refractivity contribution in [3.8, 4) is 17.1 Å². The molecule has 2 heterocycles. The van der Waals surface area contributed by atoms with Crippen LogP contribution in [0.25, 0.3) is 11.4 Å². The van der Waals surface area contributed by atoms with E-state index in [0.29, 0.717) is 28.8 Å². The predicted octanol–water partition coefficient (Wildman–Crippen LogP) is 2.28. The average Bonchev–Trinajstić information content (AvgIpc) is 3.08. The van der Waals surface area contributed by atoms with Crippen molar-refractivity contribution in [2.45, 2.75) is 5.92 Å². The lowest BCUT2D eigenvalue weighted by Crippen LogP contribution is -2.09. The zero-order chi connectivity index (χ0) is 14.1. The smallest absolute Gasteiger partial charge is 0.238 e. The number of aromatic nitrogens is 2. The minimum Gasteiger partial charge on any atom is -0.494 e. The molecule has 0 radical (unpaired) electrons. The number of halogens is 1. The van der Waals surface area contributed by atoms with Gasteiger partial charge in [0.05, 0.1) is 12.9 Å². The van der Waals surface area contributed by atoms with E-state index in [-0.39, 0.29) is 17.5 Å². The number of carbonyl (C=O) groups excluding carboxylic acids is 1. The molecule has 5 nitrogen and oxygen atoms in total. The maximum absolute atomic E-state index is 13.4. The van der Waals surface area contributed by atoms with Crippen molar-refractivity contribution < 1.29 is 18.4 Å². The average molecular weight is 294 g/mol. The molecule has 0 N–H and O–H groups in total. The van der Waals surface area contributed by atoms with Crippen molar-refractivity contribution in [2.24, 2.45) is 0 Å². The van der Waals surface area contributed by atoms with Gasteiger partial charge in [-0.15, -0.1) is 0 Å². The van der Waals surface area contributed by atoms with Crippen LogP contribution < -0.4 is 4.74 Å². The van der Waals surface area contributed by atoms with E-state index in [1.807, 2.05) is 0 Å². The van der Waals surface area contributed by atoms with Crippen LogP contribution in [0, 0.1) is 5.82 Å². The molecule has 1 atom stereocenters. The summed E-state index contributed by atoms with van der Waals surface area (Å²) in [5.74, 6) is 1.20. The van der Waals surface area contributed by atoms with Crippen molar-refractivity contribution in [3.63, 3.8) is 0 Å².